The third-order valence-corrected chi connectivity index (χ3v) is 5.89. The number of nitrogens with zero attached hydrogens (tertiary/aromatic N) is 1. The van der Waals surface area contributed by atoms with E-state index >= 15 is 0 Å². The second-order valence-corrected chi connectivity index (χ2v) is 9.15. The van der Waals surface area contributed by atoms with E-state index in [0.717, 1.165) is 12.8 Å². The summed E-state index contributed by atoms with van der Waals surface area (Å²) in [6, 6.07) is 0. The summed E-state index contributed by atoms with van der Waals surface area (Å²) in [6.07, 6.45) is 19.1. The van der Waals surface area contributed by atoms with Crippen molar-refractivity contribution in [1.29, 1.82) is 0 Å². The molecule has 0 rings (SSSR count). The van der Waals surface area contributed by atoms with Crippen LogP contribution in [0.2, 0.25) is 0 Å². The van der Waals surface area contributed by atoms with Gasteiger partial charge < -0.3 is 9.50 Å². The average molecular weight is 428 g/mol. The van der Waals surface area contributed by atoms with E-state index in [9.17, 15) is 13.2 Å². The van der Waals surface area contributed by atoms with Gasteiger partial charge in [0, 0.05) is 6.42 Å². The molecule has 0 bridgehead atoms. The van der Waals surface area contributed by atoms with E-state index in [1.165, 1.54) is 84.1 Å². The van der Waals surface area contributed by atoms with Crippen molar-refractivity contribution < 1.29 is 47.0 Å². The van der Waals surface area contributed by atoms with Crippen molar-refractivity contribution in [2.24, 2.45) is 0 Å². The van der Waals surface area contributed by atoms with Crippen LogP contribution in [-0.2, 0) is 19.1 Å². The molecule has 0 radical (unpaired) electrons. The molecule has 0 aromatic heterocycles. The molecule has 0 aliphatic heterocycles. The number of hydrogen-bond acceptors (Lipinski definition) is 4. The van der Waals surface area contributed by atoms with Crippen molar-refractivity contribution in [3.63, 3.8) is 0 Å². The summed E-state index contributed by atoms with van der Waals surface area (Å²) in [6.45, 7) is 2.42. The maximum atomic E-state index is 11.5. The minimum atomic E-state index is -3.76. The van der Waals surface area contributed by atoms with Gasteiger partial charge in [0.15, 0.2) is 0 Å². The first-order chi connectivity index (χ1) is 13.0. The zero-order valence-electron chi connectivity index (χ0n) is 18.7. The maximum absolute atomic E-state index is 11.5. The van der Waals surface area contributed by atoms with Crippen LogP contribution in [0.4, 0.5) is 0 Å². The van der Waals surface area contributed by atoms with Gasteiger partial charge in [-0.05, 0) is 6.42 Å². The van der Waals surface area contributed by atoms with Crippen molar-refractivity contribution in [2.75, 3.05) is 19.3 Å². The second-order valence-electron chi connectivity index (χ2n) is 7.46. The molecule has 0 fully saturated rings. The number of carbonyl (C=O) groups excluding carboxylic acids is 1. The van der Waals surface area contributed by atoms with Gasteiger partial charge >= 0.3 is 45.6 Å². The number of hydrogen-bond donors (Lipinski definition) is 0. The Balaban J connectivity index is 0. The van der Waals surface area contributed by atoms with E-state index in [4.69, 9.17) is 0 Å². The first-order valence-electron chi connectivity index (χ1n) is 11.0. The Labute approximate surface area is 196 Å². The van der Waals surface area contributed by atoms with Crippen molar-refractivity contribution in [1.82, 2.24) is 0 Å². The van der Waals surface area contributed by atoms with Gasteiger partial charge in [0.05, 0.1) is 5.75 Å². The fourth-order valence-corrected chi connectivity index (χ4v) is 3.92. The molecule has 0 aromatic carbocycles. The minimum absolute atomic E-state index is 0. The Bertz CT molecular complexity index is 444. The fourth-order valence-electron chi connectivity index (χ4n) is 3.07. The molecule has 0 unspecified atom stereocenters. The van der Waals surface area contributed by atoms with Crippen LogP contribution in [0.25, 0.3) is 5.32 Å². The van der Waals surface area contributed by atoms with E-state index in [-0.39, 0.29) is 48.3 Å². The fraction of sp³-hybridized carbons (Fsp3) is 0.952. The van der Waals surface area contributed by atoms with Gasteiger partial charge in [-0.3, -0.25) is 4.79 Å². The van der Waals surface area contributed by atoms with Crippen molar-refractivity contribution >= 4 is 16.1 Å². The van der Waals surface area contributed by atoms with Gasteiger partial charge in [0.2, 0.25) is 0 Å². The third-order valence-electron chi connectivity index (χ3n) is 4.77. The van der Waals surface area contributed by atoms with E-state index in [1.54, 1.807) is 0 Å². The van der Waals surface area contributed by atoms with E-state index in [2.05, 4.69) is 16.4 Å². The quantitative estimate of drug-likeness (QED) is 0.170. The Kier molecular flexibility index (Phi) is 24.1. The first kappa shape index (κ1) is 30.6. The van der Waals surface area contributed by atoms with Crippen LogP contribution < -0.4 is 29.6 Å². The normalized spacial score (nSPS) is 11.2. The van der Waals surface area contributed by atoms with Gasteiger partial charge in [-0.1, -0.05) is 96.8 Å². The Hall–Kier alpha value is 0.380. The summed E-state index contributed by atoms with van der Waals surface area (Å²) < 4.78 is 27.4. The molecule has 0 heterocycles. The van der Waals surface area contributed by atoms with Crippen LogP contribution in [0, 0.1) is 0 Å². The zero-order chi connectivity index (χ0) is 20.2. The molecule has 0 aliphatic carbocycles. The van der Waals surface area contributed by atoms with E-state index in [0.29, 0.717) is 6.42 Å². The predicted octanol–water partition coefficient (Wildman–Crippen LogP) is 3.13. The van der Waals surface area contributed by atoms with E-state index in [1.807, 2.05) is 0 Å². The smallest absolute Gasteiger partial charge is 0.664 e. The second kappa shape index (κ2) is 22.1. The molecule has 0 atom stereocenters. The first-order valence-corrected chi connectivity index (χ1v) is 12.6. The summed E-state index contributed by atoms with van der Waals surface area (Å²) in [4.78, 5) is 11.5. The topological polar surface area (TPSA) is 74.5 Å². The predicted molar refractivity (Wildman–Crippen MR) is 114 cm³/mol. The minimum Gasteiger partial charge on any atom is -0.664 e. The van der Waals surface area contributed by atoms with Gasteiger partial charge in [0.1, 0.15) is 0 Å². The van der Waals surface area contributed by atoms with Gasteiger partial charge in [-0.15, -0.1) is 6.54 Å². The summed E-state index contributed by atoms with van der Waals surface area (Å²) in [5.74, 6) is -0.866. The molecule has 7 heteroatoms. The van der Waals surface area contributed by atoms with E-state index < -0.39 is 16.1 Å². The summed E-state index contributed by atoms with van der Waals surface area (Å²) in [5, 5.41) is 3.70. The van der Waals surface area contributed by atoms with Crippen molar-refractivity contribution in [3.05, 3.63) is 5.32 Å². The molecule has 0 saturated carbocycles. The molecule has 0 N–H and O–H groups in total. The molecule has 0 aliphatic rings. The Morgan fingerprint density at radius 1 is 0.750 bits per heavy atom. The SMILES string of the molecule is CCCCCCCCCCCCCCCCCC(=O)OS(=O)(=O)CC[N-]C.[Na+]. The largest absolute Gasteiger partial charge is 1.00 e. The molecule has 0 saturated heterocycles. The van der Waals surface area contributed by atoms with Crippen LogP contribution in [0.1, 0.15) is 110 Å². The molecule has 28 heavy (non-hydrogen) atoms. The number of unbranched alkanes of at least 4 members (excludes halogenated alkanes) is 14. The van der Waals surface area contributed by atoms with Crippen LogP contribution in [0.5, 0.6) is 0 Å². The molecule has 0 spiro atoms. The average Bonchev–Trinajstić information content (AvgIpc) is 2.63. The number of carbonyl (C=O) groups is 1. The van der Waals surface area contributed by atoms with Crippen LogP contribution >= 0.6 is 0 Å². The Morgan fingerprint density at radius 2 is 1.14 bits per heavy atom. The Morgan fingerprint density at radius 3 is 1.54 bits per heavy atom. The van der Waals surface area contributed by atoms with Gasteiger partial charge in [0.25, 0.3) is 0 Å². The molecular weight excluding hydrogens is 385 g/mol. The zero-order valence-corrected chi connectivity index (χ0v) is 21.5. The molecule has 0 amide bonds. The molecular formula is C21H42NNaO4S. The standard InChI is InChI=1S/C21H42NO4S.Na/c1-3-4-5-6-7-8-9-10-11-12-13-14-15-16-17-18-21(23)26-27(24,25)20-19-22-2;/h3-20H2,1-2H3;/q-1;+1. The molecule has 0 aromatic rings. The van der Waals surface area contributed by atoms with Gasteiger partial charge in [-0.2, -0.15) is 15.5 Å². The molecule has 162 valence electrons. The van der Waals surface area contributed by atoms with Crippen LogP contribution in [-0.4, -0.2) is 33.7 Å². The molecule has 5 nitrogen and oxygen atoms in total. The van der Waals surface area contributed by atoms with Gasteiger partial charge in [-0.25, -0.2) is 0 Å². The maximum Gasteiger partial charge on any atom is 1.00 e. The van der Waals surface area contributed by atoms with Crippen LogP contribution in [0.3, 0.4) is 0 Å². The monoisotopic (exact) mass is 427 g/mol. The van der Waals surface area contributed by atoms with Crippen molar-refractivity contribution in [3.8, 4) is 0 Å². The number of rotatable bonds is 20. The summed E-state index contributed by atoms with van der Waals surface area (Å²) in [7, 11) is -2.22. The third kappa shape index (κ3) is 22.7. The van der Waals surface area contributed by atoms with Crippen LogP contribution in [0.15, 0.2) is 0 Å². The summed E-state index contributed by atoms with van der Waals surface area (Å²) in [5.41, 5.74) is 0. The summed E-state index contributed by atoms with van der Waals surface area (Å²) >= 11 is 0. The van der Waals surface area contributed by atoms with Crippen molar-refractivity contribution in [2.45, 2.75) is 110 Å².